The highest BCUT2D eigenvalue weighted by molar-refractivity contribution is 7.19. The van der Waals surface area contributed by atoms with Gasteiger partial charge in [0.25, 0.3) is 5.56 Å². The van der Waals surface area contributed by atoms with Crippen molar-refractivity contribution < 1.29 is 9.18 Å². The molecule has 0 bridgehead atoms. The number of benzene rings is 1. The fourth-order valence-electron chi connectivity index (χ4n) is 2.91. The van der Waals surface area contributed by atoms with Crippen molar-refractivity contribution in [2.45, 2.75) is 20.4 Å². The lowest BCUT2D eigenvalue weighted by atomic mass is 10.2. The highest BCUT2D eigenvalue weighted by Gasteiger charge is 2.16. The van der Waals surface area contributed by atoms with Gasteiger partial charge in [-0.05, 0) is 43.7 Å². The third-order valence-corrected chi connectivity index (χ3v) is 6.27. The van der Waals surface area contributed by atoms with E-state index < -0.39 is 11.7 Å². The first-order chi connectivity index (χ1) is 13.4. The molecule has 3 heterocycles. The predicted octanol–water partition coefficient (Wildman–Crippen LogP) is 4.58. The number of rotatable bonds is 4. The van der Waals surface area contributed by atoms with Crippen molar-refractivity contribution in [3.8, 4) is 10.4 Å². The lowest BCUT2D eigenvalue weighted by Gasteiger charge is -2.10. The first-order valence-electron chi connectivity index (χ1n) is 8.52. The van der Waals surface area contributed by atoms with Gasteiger partial charge in [0.2, 0.25) is 5.91 Å². The molecule has 0 unspecified atom stereocenters. The standard InChI is InChI=1S/C20H16FN3O2S2/c1-11-3-5-13(21)7-15(11)23-17(25)8-24-10-22-19-18(20(24)26)14(9-27-19)16-6-4-12(2)28-16/h3-7,9-10H,8H2,1-2H3,(H,23,25). The summed E-state index contributed by atoms with van der Waals surface area (Å²) in [5, 5.41) is 5.10. The van der Waals surface area contributed by atoms with E-state index in [4.69, 9.17) is 0 Å². The van der Waals surface area contributed by atoms with Gasteiger partial charge in [0.15, 0.2) is 0 Å². The third kappa shape index (κ3) is 3.48. The molecule has 0 fully saturated rings. The van der Waals surface area contributed by atoms with Crippen molar-refractivity contribution in [3.05, 3.63) is 68.7 Å². The molecule has 0 aliphatic carbocycles. The van der Waals surface area contributed by atoms with E-state index in [1.165, 1.54) is 34.4 Å². The number of thiophene rings is 2. The first-order valence-corrected chi connectivity index (χ1v) is 10.2. The number of carbonyl (C=O) groups excluding carboxylic acids is 1. The van der Waals surface area contributed by atoms with Crippen LogP contribution in [0.2, 0.25) is 0 Å². The molecule has 0 radical (unpaired) electrons. The molecule has 5 nitrogen and oxygen atoms in total. The van der Waals surface area contributed by atoms with E-state index in [0.717, 1.165) is 20.9 Å². The lowest BCUT2D eigenvalue weighted by molar-refractivity contribution is -0.116. The average Bonchev–Trinajstić information content (AvgIpc) is 3.27. The van der Waals surface area contributed by atoms with Crippen LogP contribution in [0.25, 0.3) is 20.7 Å². The number of fused-ring (bicyclic) bond motifs is 1. The Morgan fingerprint density at radius 3 is 2.82 bits per heavy atom. The quantitative estimate of drug-likeness (QED) is 0.533. The number of amides is 1. The summed E-state index contributed by atoms with van der Waals surface area (Å²) < 4.78 is 14.7. The van der Waals surface area contributed by atoms with Gasteiger partial charge in [0.1, 0.15) is 17.2 Å². The van der Waals surface area contributed by atoms with E-state index in [1.807, 2.05) is 24.4 Å². The molecule has 3 aromatic heterocycles. The van der Waals surface area contributed by atoms with Crippen LogP contribution >= 0.6 is 22.7 Å². The second kappa shape index (κ2) is 7.29. The highest BCUT2D eigenvalue weighted by Crippen LogP contribution is 2.34. The average molecular weight is 413 g/mol. The van der Waals surface area contributed by atoms with Gasteiger partial charge in [-0.15, -0.1) is 22.7 Å². The number of anilines is 1. The zero-order chi connectivity index (χ0) is 19.8. The Balaban J connectivity index is 1.66. The van der Waals surface area contributed by atoms with Gasteiger partial charge < -0.3 is 5.32 Å². The van der Waals surface area contributed by atoms with Crippen molar-refractivity contribution in [2.75, 3.05) is 5.32 Å². The molecule has 1 aromatic carbocycles. The summed E-state index contributed by atoms with van der Waals surface area (Å²) >= 11 is 3.02. The van der Waals surface area contributed by atoms with Crippen molar-refractivity contribution in [1.29, 1.82) is 0 Å². The van der Waals surface area contributed by atoms with Gasteiger partial charge in [0.05, 0.1) is 11.7 Å². The predicted molar refractivity (Wildman–Crippen MR) is 112 cm³/mol. The van der Waals surface area contributed by atoms with Crippen molar-refractivity contribution in [3.63, 3.8) is 0 Å². The van der Waals surface area contributed by atoms with E-state index in [1.54, 1.807) is 24.3 Å². The summed E-state index contributed by atoms with van der Waals surface area (Å²) in [4.78, 5) is 32.5. The molecule has 0 atom stereocenters. The Hall–Kier alpha value is -2.84. The summed E-state index contributed by atoms with van der Waals surface area (Å²) in [6.07, 6.45) is 1.38. The Morgan fingerprint density at radius 1 is 1.25 bits per heavy atom. The van der Waals surface area contributed by atoms with Crippen LogP contribution < -0.4 is 10.9 Å². The monoisotopic (exact) mass is 413 g/mol. The van der Waals surface area contributed by atoms with Gasteiger partial charge in [-0.2, -0.15) is 0 Å². The van der Waals surface area contributed by atoms with Crippen molar-refractivity contribution in [2.24, 2.45) is 0 Å². The molecule has 142 valence electrons. The fraction of sp³-hybridized carbons (Fsp3) is 0.150. The van der Waals surface area contributed by atoms with E-state index in [2.05, 4.69) is 10.3 Å². The van der Waals surface area contributed by atoms with Gasteiger partial charge >= 0.3 is 0 Å². The smallest absolute Gasteiger partial charge is 0.263 e. The van der Waals surface area contributed by atoms with E-state index in [9.17, 15) is 14.0 Å². The number of carbonyl (C=O) groups is 1. The van der Waals surface area contributed by atoms with Crippen LogP contribution in [0, 0.1) is 19.7 Å². The molecule has 28 heavy (non-hydrogen) atoms. The van der Waals surface area contributed by atoms with Crippen LogP contribution in [0.4, 0.5) is 10.1 Å². The number of halogens is 1. The van der Waals surface area contributed by atoms with E-state index in [0.29, 0.717) is 15.9 Å². The Labute approximate surface area is 168 Å². The summed E-state index contributed by atoms with van der Waals surface area (Å²) in [6.45, 7) is 3.59. The second-order valence-electron chi connectivity index (χ2n) is 6.42. The largest absolute Gasteiger partial charge is 0.324 e. The zero-order valence-electron chi connectivity index (χ0n) is 15.2. The van der Waals surface area contributed by atoms with Crippen molar-refractivity contribution >= 4 is 44.5 Å². The molecular weight excluding hydrogens is 397 g/mol. The molecule has 1 amide bonds. The maximum absolute atomic E-state index is 13.4. The summed E-state index contributed by atoms with van der Waals surface area (Å²) in [5.41, 5.74) is 1.70. The number of hydrogen-bond donors (Lipinski definition) is 1. The Bertz CT molecular complexity index is 1260. The molecule has 4 aromatic rings. The summed E-state index contributed by atoms with van der Waals surface area (Å²) in [5.74, 6) is -0.851. The van der Waals surface area contributed by atoms with Gasteiger partial charge in [-0.25, -0.2) is 9.37 Å². The van der Waals surface area contributed by atoms with Crippen LogP contribution in [0.1, 0.15) is 10.4 Å². The maximum Gasteiger partial charge on any atom is 0.263 e. The fourth-order valence-corrected chi connectivity index (χ4v) is 4.78. The van der Waals surface area contributed by atoms with Crippen LogP contribution in [-0.4, -0.2) is 15.5 Å². The molecular formula is C20H16FN3O2S2. The van der Waals surface area contributed by atoms with E-state index >= 15 is 0 Å². The molecule has 8 heteroatoms. The van der Waals surface area contributed by atoms with Gasteiger partial charge in [0, 0.05) is 26.4 Å². The minimum absolute atomic E-state index is 0.198. The molecule has 0 saturated carbocycles. The zero-order valence-corrected chi connectivity index (χ0v) is 16.8. The molecule has 0 aliphatic rings. The number of aryl methyl sites for hydroxylation is 2. The SMILES string of the molecule is Cc1ccc(-c2csc3ncn(CC(=O)Nc4cc(F)ccc4C)c(=O)c23)s1. The minimum atomic E-state index is -0.435. The van der Waals surface area contributed by atoms with Crippen LogP contribution in [0.5, 0.6) is 0 Å². The maximum atomic E-state index is 13.4. The number of hydrogen-bond acceptors (Lipinski definition) is 5. The highest BCUT2D eigenvalue weighted by atomic mass is 32.1. The third-order valence-electron chi connectivity index (χ3n) is 4.35. The molecule has 4 rings (SSSR count). The number of nitrogens with one attached hydrogen (secondary N) is 1. The molecule has 1 N–H and O–H groups in total. The number of nitrogens with zero attached hydrogens (tertiary/aromatic N) is 2. The molecule has 0 aliphatic heterocycles. The number of aromatic nitrogens is 2. The lowest BCUT2D eigenvalue weighted by Crippen LogP contribution is -2.28. The van der Waals surface area contributed by atoms with Crippen LogP contribution in [-0.2, 0) is 11.3 Å². The van der Waals surface area contributed by atoms with Crippen LogP contribution in [0.3, 0.4) is 0 Å². The normalized spacial score (nSPS) is 11.1. The van der Waals surface area contributed by atoms with Gasteiger partial charge in [-0.1, -0.05) is 6.07 Å². The van der Waals surface area contributed by atoms with Crippen molar-refractivity contribution in [1.82, 2.24) is 9.55 Å². The van der Waals surface area contributed by atoms with Crippen LogP contribution in [0.15, 0.2) is 46.8 Å². The van der Waals surface area contributed by atoms with E-state index in [-0.39, 0.29) is 12.1 Å². The second-order valence-corrected chi connectivity index (χ2v) is 8.57. The minimum Gasteiger partial charge on any atom is -0.324 e. The molecule has 0 spiro atoms. The Morgan fingerprint density at radius 2 is 2.07 bits per heavy atom. The Kier molecular flexibility index (Phi) is 4.82. The topological polar surface area (TPSA) is 64.0 Å². The summed E-state index contributed by atoms with van der Waals surface area (Å²) in [7, 11) is 0. The summed E-state index contributed by atoms with van der Waals surface area (Å²) in [6, 6.07) is 8.17. The van der Waals surface area contributed by atoms with Gasteiger partial charge in [-0.3, -0.25) is 14.2 Å². The molecule has 0 saturated heterocycles. The first kappa shape index (κ1) is 18.5.